The molecule has 0 spiro atoms. The van der Waals surface area contributed by atoms with Gasteiger partial charge in [-0.05, 0) is 17.7 Å². The molecule has 0 saturated heterocycles. The first-order valence-electron chi connectivity index (χ1n) is 3.95. The Bertz CT molecular complexity index is 257. The number of pyridine rings is 1. The van der Waals surface area contributed by atoms with Gasteiger partial charge in [-0.25, -0.2) is 0 Å². The van der Waals surface area contributed by atoms with E-state index in [2.05, 4.69) is 11.6 Å². The highest BCUT2D eigenvalue weighted by Gasteiger charge is 1.80. The molecule has 1 rings (SSSR count). The van der Waals surface area contributed by atoms with Crippen LogP contribution in [0.4, 0.5) is 0 Å². The maximum atomic E-state index is 9.37. The molecule has 3 nitrogen and oxygen atoms in total. The Balaban J connectivity index is 0.000000252. The third-order valence-electron chi connectivity index (χ3n) is 1.24. The molecule has 0 aliphatic carbocycles. The summed E-state index contributed by atoms with van der Waals surface area (Å²) in [5.74, 6) is -0.745. The fourth-order valence-corrected chi connectivity index (χ4v) is 0.500. The minimum Gasteiger partial charge on any atom is -0.481 e. The lowest BCUT2D eigenvalue weighted by Crippen LogP contribution is -1.86. The molecule has 0 atom stereocenters. The van der Waals surface area contributed by atoms with Crippen LogP contribution in [0.2, 0.25) is 0 Å². The van der Waals surface area contributed by atoms with Crippen LogP contribution in [0.1, 0.15) is 18.9 Å². The van der Waals surface area contributed by atoms with Crippen molar-refractivity contribution < 1.29 is 9.90 Å². The Labute approximate surface area is 77.7 Å². The molecule has 3 heteroatoms. The molecule has 13 heavy (non-hydrogen) atoms. The van der Waals surface area contributed by atoms with Crippen molar-refractivity contribution in [2.45, 2.75) is 13.3 Å². The summed E-state index contributed by atoms with van der Waals surface area (Å²) in [6.07, 6.45) is 5.51. The zero-order valence-electron chi connectivity index (χ0n) is 7.60. The molecule has 0 aliphatic rings. The van der Waals surface area contributed by atoms with Gasteiger partial charge in [0.25, 0.3) is 0 Å². The van der Waals surface area contributed by atoms with Crippen molar-refractivity contribution >= 4 is 12.0 Å². The number of nitrogens with zero attached hydrogens (tertiary/aromatic N) is 1. The quantitative estimate of drug-likeness (QED) is 0.757. The van der Waals surface area contributed by atoms with Gasteiger partial charge in [0.15, 0.2) is 0 Å². The largest absolute Gasteiger partial charge is 0.481 e. The van der Waals surface area contributed by atoms with Crippen LogP contribution in [0.15, 0.2) is 31.1 Å². The molecular formula is C10H13NO2. The van der Waals surface area contributed by atoms with Crippen molar-refractivity contribution in [2.75, 3.05) is 0 Å². The van der Waals surface area contributed by atoms with Gasteiger partial charge >= 0.3 is 5.97 Å². The second-order valence-corrected chi connectivity index (χ2v) is 2.23. The second-order valence-electron chi connectivity index (χ2n) is 2.23. The molecule has 1 aromatic rings. The monoisotopic (exact) mass is 179 g/mol. The van der Waals surface area contributed by atoms with E-state index < -0.39 is 5.97 Å². The standard InChI is InChI=1S/C7H7N.C3H6O2/c1-2-7-3-5-8-6-4-7;1-2-3(4)5/h2-6H,1H2;2H2,1H3,(H,4,5). The van der Waals surface area contributed by atoms with Gasteiger partial charge in [0, 0.05) is 18.8 Å². The first-order chi connectivity index (χ1) is 6.20. The van der Waals surface area contributed by atoms with Crippen LogP contribution in [0.25, 0.3) is 6.08 Å². The van der Waals surface area contributed by atoms with Gasteiger partial charge in [0.05, 0.1) is 0 Å². The van der Waals surface area contributed by atoms with Gasteiger partial charge in [0.2, 0.25) is 0 Å². The Kier molecular flexibility index (Phi) is 6.15. The fraction of sp³-hybridized carbons (Fsp3) is 0.200. The Morgan fingerprint density at radius 1 is 1.62 bits per heavy atom. The summed E-state index contributed by atoms with van der Waals surface area (Å²) in [6.45, 7) is 5.20. The van der Waals surface area contributed by atoms with Crippen molar-refractivity contribution in [1.29, 1.82) is 0 Å². The Morgan fingerprint density at radius 3 is 2.31 bits per heavy atom. The van der Waals surface area contributed by atoms with E-state index in [0.29, 0.717) is 0 Å². The van der Waals surface area contributed by atoms with Crippen LogP contribution in [0, 0.1) is 0 Å². The Hall–Kier alpha value is -1.64. The normalized spacial score (nSPS) is 8.08. The summed E-state index contributed by atoms with van der Waals surface area (Å²) in [6, 6.07) is 3.82. The van der Waals surface area contributed by atoms with E-state index in [1.807, 2.05) is 12.1 Å². The zero-order chi connectivity index (χ0) is 10.1. The minimum atomic E-state index is -0.745. The molecule has 0 aliphatic heterocycles. The number of carbonyl (C=O) groups is 1. The van der Waals surface area contributed by atoms with Gasteiger partial charge in [-0.2, -0.15) is 0 Å². The summed E-state index contributed by atoms with van der Waals surface area (Å²) in [7, 11) is 0. The van der Waals surface area contributed by atoms with E-state index in [1.165, 1.54) is 0 Å². The smallest absolute Gasteiger partial charge is 0.303 e. The van der Waals surface area contributed by atoms with E-state index in [4.69, 9.17) is 5.11 Å². The number of carboxylic acids is 1. The zero-order valence-corrected chi connectivity index (χ0v) is 7.60. The summed E-state index contributed by atoms with van der Waals surface area (Å²) in [5, 5.41) is 7.72. The van der Waals surface area contributed by atoms with E-state index in [9.17, 15) is 4.79 Å². The molecule has 0 amide bonds. The maximum Gasteiger partial charge on any atom is 0.303 e. The summed E-state index contributed by atoms with van der Waals surface area (Å²) in [4.78, 5) is 13.2. The second kappa shape index (κ2) is 7.03. The number of aliphatic carboxylic acids is 1. The molecule has 1 heterocycles. The van der Waals surface area contributed by atoms with Gasteiger partial charge in [0.1, 0.15) is 0 Å². The lowest BCUT2D eigenvalue weighted by molar-refractivity contribution is -0.136. The van der Waals surface area contributed by atoms with Crippen LogP contribution in [-0.2, 0) is 4.79 Å². The maximum absolute atomic E-state index is 9.37. The van der Waals surface area contributed by atoms with Crippen LogP contribution in [0.5, 0.6) is 0 Å². The molecule has 1 aromatic heterocycles. The van der Waals surface area contributed by atoms with Crippen molar-refractivity contribution in [2.24, 2.45) is 0 Å². The molecule has 1 N–H and O–H groups in total. The van der Waals surface area contributed by atoms with Crippen LogP contribution in [-0.4, -0.2) is 16.1 Å². The van der Waals surface area contributed by atoms with Crippen molar-refractivity contribution in [3.63, 3.8) is 0 Å². The lowest BCUT2D eigenvalue weighted by Gasteiger charge is -1.84. The van der Waals surface area contributed by atoms with Gasteiger partial charge < -0.3 is 5.11 Å². The van der Waals surface area contributed by atoms with E-state index in [1.54, 1.807) is 25.4 Å². The third kappa shape index (κ3) is 6.75. The number of hydrogen-bond donors (Lipinski definition) is 1. The van der Waals surface area contributed by atoms with E-state index in [0.717, 1.165) is 5.56 Å². The predicted octanol–water partition coefficient (Wildman–Crippen LogP) is 2.21. The molecule has 0 bridgehead atoms. The average Bonchev–Trinajstić information content (AvgIpc) is 2.20. The first-order valence-corrected chi connectivity index (χ1v) is 3.95. The molecular weight excluding hydrogens is 166 g/mol. The minimum absolute atomic E-state index is 0.222. The van der Waals surface area contributed by atoms with Crippen molar-refractivity contribution in [3.8, 4) is 0 Å². The average molecular weight is 179 g/mol. The highest BCUT2D eigenvalue weighted by molar-refractivity contribution is 5.66. The summed E-state index contributed by atoms with van der Waals surface area (Å²) in [5.41, 5.74) is 1.11. The van der Waals surface area contributed by atoms with Crippen molar-refractivity contribution in [3.05, 3.63) is 36.7 Å². The molecule has 0 radical (unpaired) electrons. The molecule has 70 valence electrons. The topological polar surface area (TPSA) is 50.2 Å². The summed E-state index contributed by atoms with van der Waals surface area (Å²) < 4.78 is 0. The molecule has 0 unspecified atom stereocenters. The number of hydrogen-bond acceptors (Lipinski definition) is 2. The Morgan fingerprint density at radius 2 is 2.08 bits per heavy atom. The lowest BCUT2D eigenvalue weighted by atomic mass is 10.3. The highest BCUT2D eigenvalue weighted by atomic mass is 16.4. The number of rotatable bonds is 2. The highest BCUT2D eigenvalue weighted by Crippen LogP contribution is 1.94. The van der Waals surface area contributed by atoms with E-state index in [-0.39, 0.29) is 6.42 Å². The number of aromatic nitrogens is 1. The van der Waals surface area contributed by atoms with Crippen LogP contribution < -0.4 is 0 Å². The molecule has 0 saturated carbocycles. The van der Waals surface area contributed by atoms with Crippen molar-refractivity contribution in [1.82, 2.24) is 4.98 Å². The van der Waals surface area contributed by atoms with Crippen LogP contribution in [0.3, 0.4) is 0 Å². The SMILES string of the molecule is C=Cc1ccncc1.CCC(=O)O. The number of carboxylic acid groups (broad SMARTS) is 1. The van der Waals surface area contributed by atoms with Gasteiger partial charge in [-0.15, -0.1) is 0 Å². The first kappa shape index (κ1) is 11.4. The fourth-order valence-electron chi connectivity index (χ4n) is 0.500. The third-order valence-corrected chi connectivity index (χ3v) is 1.24. The molecule has 0 aromatic carbocycles. The van der Waals surface area contributed by atoms with E-state index >= 15 is 0 Å². The predicted molar refractivity (Wildman–Crippen MR) is 52.3 cm³/mol. The van der Waals surface area contributed by atoms with Gasteiger partial charge in [-0.1, -0.05) is 19.6 Å². The van der Waals surface area contributed by atoms with Gasteiger partial charge in [-0.3, -0.25) is 9.78 Å². The molecule has 0 fully saturated rings. The summed E-state index contributed by atoms with van der Waals surface area (Å²) >= 11 is 0. The van der Waals surface area contributed by atoms with Crippen LogP contribution >= 0.6 is 0 Å².